The smallest absolute Gasteiger partial charge is 0.231 e. The van der Waals surface area contributed by atoms with Crippen LogP contribution in [0.4, 0.5) is 0 Å². The van der Waals surface area contributed by atoms with Crippen LogP contribution in [0.2, 0.25) is 4.47 Å². The number of nitrogens with zero attached hydrogens (tertiary/aromatic N) is 1. The maximum atomic E-state index is 6.20. The summed E-state index contributed by atoms with van der Waals surface area (Å²) in [4.78, 5) is 5.46. The molecule has 7 heteroatoms. The summed E-state index contributed by atoms with van der Waals surface area (Å²) in [5, 5.41) is 0. The molecule has 24 heavy (non-hydrogen) atoms. The Balaban J connectivity index is 1.63. The first-order valence-electron chi connectivity index (χ1n) is 7.24. The molecule has 0 aliphatic carbocycles. The van der Waals surface area contributed by atoms with Gasteiger partial charge in [-0.25, -0.2) is 4.98 Å². The number of hydrogen-bond acceptors (Lipinski definition) is 6. The van der Waals surface area contributed by atoms with E-state index in [0.717, 1.165) is 38.9 Å². The van der Waals surface area contributed by atoms with Gasteiger partial charge in [-0.05, 0) is 42.0 Å². The van der Waals surface area contributed by atoms with E-state index in [0.29, 0.717) is 10.2 Å². The summed E-state index contributed by atoms with van der Waals surface area (Å²) >= 11 is 7.62. The van der Waals surface area contributed by atoms with Crippen LogP contribution >= 0.6 is 22.9 Å². The van der Waals surface area contributed by atoms with Crippen molar-refractivity contribution in [1.82, 2.24) is 4.98 Å². The molecule has 5 nitrogen and oxygen atoms in total. The van der Waals surface area contributed by atoms with E-state index in [9.17, 15) is 0 Å². The van der Waals surface area contributed by atoms with E-state index in [2.05, 4.69) is 4.98 Å². The number of aromatic nitrogens is 1. The average Bonchev–Trinajstić information content (AvgIpc) is 3.32. The molecule has 3 aromatic rings. The largest absolute Gasteiger partial charge is 0.454 e. The molecule has 0 saturated carbocycles. The Morgan fingerprint density at radius 3 is 2.08 bits per heavy atom. The van der Waals surface area contributed by atoms with E-state index in [4.69, 9.17) is 30.5 Å². The van der Waals surface area contributed by atoms with Crippen LogP contribution in [-0.4, -0.2) is 18.6 Å². The lowest BCUT2D eigenvalue weighted by molar-refractivity contribution is 0.173. The van der Waals surface area contributed by atoms with Crippen molar-refractivity contribution in [2.45, 2.75) is 0 Å². The molecule has 5 rings (SSSR count). The molecule has 2 aliphatic rings. The van der Waals surface area contributed by atoms with Crippen molar-refractivity contribution in [3.8, 4) is 44.7 Å². The van der Waals surface area contributed by atoms with Gasteiger partial charge in [-0.2, -0.15) is 0 Å². The number of hydrogen-bond donors (Lipinski definition) is 0. The Bertz CT molecular complexity index is 881. The lowest BCUT2D eigenvalue weighted by Crippen LogP contribution is -1.92. The maximum Gasteiger partial charge on any atom is 0.231 e. The first kappa shape index (κ1) is 13.9. The monoisotopic (exact) mass is 359 g/mol. The summed E-state index contributed by atoms with van der Waals surface area (Å²) in [6.45, 7) is 0.489. The number of fused-ring (bicyclic) bond motifs is 2. The number of halogens is 1. The minimum atomic E-state index is 0.242. The highest BCUT2D eigenvalue weighted by Crippen LogP contribution is 2.44. The van der Waals surface area contributed by atoms with Crippen LogP contribution in [0.15, 0.2) is 36.4 Å². The molecule has 0 spiro atoms. The lowest BCUT2D eigenvalue weighted by Gasteiger charge is -2.05. The van der Waals surface area contributed by atoms with Crippen molar-refractivity contribution < 1.29 is 18.9 Å². The molecule has 1 aromatic heterocycles. The number of ether oxygens (including phenoxy) is 4. The summed E-state index contributed by atoms with van der Waals surface area (Å²) in [6, 6.07) is 11.6. The van der Waals surface area contributed by atoms with E-state index < -0.39 is 0 Å². The van der Waals surface area contributed by atoms with Gasteiger partial charge in [-0.1, -0.05) is 11.6 Å². The highest BCUT2D eigenvalue weighted by atomic mass is 35.5. The number of thiazole rings is 1. The van der Waals surface area contributed by atoms with Gasteiger partial charge in [0.2, 0.25) is 13.6 Å². The normalized spacial score (nSPS) is 14.2. The van der Waals surface area contributed by atoms with Gasteiger partial charge in [0, 0.05) is 5.56 Å². The van der Waals surface area contributed by atoms with Gasteiger partial charge in [0.15, 0.2) is 27.5 Å². The van der Waals surface area contributed by atoms with Crippen LogP contribution in [0.3, 0.4) is 0 Å². The minimum Gasteiger partial charge on any atom is -0.454 e. The van der Waals surface area contributed by atoms with Crippen LogP contribution in [0.1, 0.15) is 0 Å². The van der Waals surface area contributed by atoms with Gasteiger partial charge in [0.1, 0.15) is 0 Å². The van der Waals surface area contributed by atoms with E-state index in [1.54, 1.807) is 0 Å². The highest BCUT2D eigenvalue weighted by molar-refractivity contribution is 7.19. The first-order valence-corrected chi connectivity index (χ1v) is 8.44. The summed E-state index contributed by atoms with van der Waals surface area (Å²) in [5.74, 6) is 2.94. The molecule has 0 saturated heterocycles. The Hall–Kier alpha value is -2.44. The number of benzene rings is 2. The second-order valence-corrected chi connectivity index (χ2v) is 6.86. The van der Waals surface area contributed by atoms with Gasteiger partial charge in [0.25, 0.3) is 0 Å². The van der Waals surface area contributed by atoms with E-state index in [1.807, 2.05) is 36.4 Å². The molecule has 0 bridgehead atoms. The zero-order valence-electron chi connectivity index (χ0n) is 12.2. The molecule has 2 aliphatic heterocycles. The van der Waals surface area contributed by atoms with Crippen LogP contribution in [0.25, 0.3) is 21.7 Å². The van der Waals surface area contributed by atoms with Gasteiger partial charge in [-0.15, -0.1) is 11.3 Å². The van der Waals surface area contributed by atoms with Crippen LogP contribution in [0.5, 0.6) is 23.0 Å². The van der Waals surface area contributed by atoms with Gasteiger partial charge in [-0.3, -0.25) is 0 Å². The molecule has 0 radical (unpaired) electrons. The molecular weight excluding hydrogens is 350 g/mol. The predicted octanol–water partition coefficient (Wildman–Crippen LogP) is 4.59. The Morgan fingerprint density at radius 2 is 1.38 bits per heavy atom. The highest BCUT2D eigenvalue weighted by Gasteiger charge is 2.21. The standard InChI is InChI=1S/C17H10ClNO4S/c18-17-19-15(9-1-3-11-13(5-9)22-7-20-11)16(24-17)10-2-4-12-14(6-10)23-8-21-12/h1-6H,7-8H2. The van der Waals surface area contributed by atoms with Crippen LogP contribution in [-0.2, 0) is 0 Å². The summed E-state index contributed by atoms with van der Waals surface area (Å²) in [5.41, 5.74) is 2.72. The third kappa shape index (κ3) is 2.18. The zero-order chi connectivity index (χ0) is 16.1. The van der Waals surface area contributed by atoms with Gasteiger partial charge >= 0.3 is 0 Å². The second-order valence-electron chi connectivity index (χ2n) is 5.28. The second kappa shape index (κ2) is 5.29. The molecule has 120 valence electrons. The number of rotatable bonds is 2. The predicted molar refractivity (Wildman–Crippen MR) is 90.2 cm³/mol. The van der Waals surface area contributed by atoms with Crippen LogP contribution < -0.4 is 18.9 Å². The topological polar surface area (TPSA) is 49.8 Å². The van der Waals surface area contributed by atoms with E-state index in [-0.39, 0.29) is 13.6 Å². The lowest BCUT2D eigenvalue weighted by atomic mass is 10.1. The van der Waals surface area contributed by atoms with Crippen molar-refractivity contribution in [3.63, 3.8) is 0 Å². The Labute approximate surface area is 146 Å². The van der Waals surface area contributed by atoms with Gasteiger partial charge < -0.3 is 18.9 Å². The van der Waals surface area contributed by atoms with Crippen molar-refractivity contribution in [2.75, 3.05) is 13.6 Å². The fourth-order valence-corrected chi connectivity index (χ4v) is 3.89. The molecule has 3 heterocycles. The van der Waals surface area contributed by atoms with Gasteiger partial charge in [0.05, 0.1) is 10.6 Å². The summed E-state index contributed by atoms with van der Waals surface area (Å²) in [7, 11) is 0. The van der Waals surface area contributed by atoms with E-state index >= 15 is 0 Å². The van der Waals surface area contributed by atoms with Crippen LogP contribution in [0, 0.1) is 0 Å². The van der Waals surface area contributed by atoms with Crippen molar-refractivity contribution in [3.05, 3.63) is 40.9 Å². The minimum absolute atomic E-state index is 0.242. The Morgan fingerprint density at radius 1 is 0.792 bits per heavy atom. The molecule has 2 aromatic carbocycles. The van der Waals surface area contributed by atoms with E-state index in [1.165, 1.54) is 11.3 Å². The first-order chi connectivity index (χ1) is 11.8. The fourth-order valence-electron chi connectivity index (χ4n) is 2.77. The third-order valence-corrected chi connectivity index (χ3v) is 5.09. The third-order valence-electron chi connectivity index (χ3n) is 3.88. The molecule has 0 fully saturated rings. The van der Waals surface area contributed by atoms with Crippen molar-refractivity contribution in [1.29, 1.82) is 0 Å². The quantitative estimate of drug-likeness (QED) is 0.670. The SMILES string of the molecule is Clc1nc(-c2ccc3c(c2)OCO3)c(-c2ccc3c(c2)OCO3)s1. The fraction of sp³-hybridized carbons (Fsp3) is 0.118. The average molecular weight is 360 g/mol. The molecule has 0 amide bonds. The Kier molecular flexibility index (Phi) is 3.08. The summed E-state index contributed by atoms with van der Waals surface area (Å²) in [6.07, 6.45) is 0. The summed E-state index contributed by atoms with van der Waals surface area (Å²) < 4.78 is 22.1. The molecule has 0 atom stereocenters. The molecular formula is C17H10ClNO4S. The van der Waals surface area contributed by atoms with Crippen molar-refractivity contribution in [2.24, 2.45) is 0 Å². The zero-order valence-corrected chi connectivity index (χ0v) is 13.8. The maximum absolute atomic E-state index is 6.20. The molecule has 0 unspecified atom stereocenters. The van der Waals surface area contributed by atoms with Crippen molar-refractivity contribution >= 4 is 22.9 Å². The molecule has 0 N–H and O–H groups in total.